The maximum Gasteiger partial charge on any atom is 0.230 e. The van der Waals surface area contributed by atoms with E-state index in [-0.39, 0.29) is 24.2 Å². The first kappa shape index (κ1) is 18.9. The molecule has 27 heavy (non-hydrogen) atoms. The molecule has 1 saturated heterocycles. The number of carbonyl (C=O) groups is 2. The lowest BCUT2D eigenvalue weighted by Crippen LogP contribution is -2.44. The van der Waals surface area contributed by atoms with Gasteiger partial charge in [-0.05, 0) is 38.0 Å². The van der Waals surface area contributed by atoms with E-state index in [9.17, 15) is 9.59 Å². The van der Waals surface area contributed by atoms with E-state index in [0.29, 0.717) is 24.7 Å². The summed E-state index contributed by atoms with van der Waals surface area (Å²) < 4.78 is 5.33. The minimum atomic E-state index is -0.220. The van der Waals surface area contributed by atoms with Crippen molar-refractivity contribution in [3.8, 4) is 5.75 Å². The number of carbonyl (C=O) groups excluding carboxylic acids is 2. The predicted octanol–water partition coefficient (Wildman–Crippen LogP) is 2.82. The van der Waals surface area contributed by atoms with Crippen molar-refractivity contribution >= 4 is 17.6 Å². The second kappa shape index (κ2) is 8.66. The molecule has 0 bridgehead atoms. The number of hydrogen-bond donors (Lipinski definition) is 1. The minimum Gasteiger partial charge on any atom is -0.496 e. The molecule has 1 aromatic carbocycles. The Morgan fingerprint density at radius 1 is 1.22 bits per heavy atom. The number of anilines is 1. The van der Waals surface area contributed by atoms with E-state index in [2.05, 4.69) is 10.3 Å². The van der Waals surface area contributed by atoms with Crippen molar-refractivity contribution in [1.29, 1.82) is 0 Å². The number of methoxy groups -OCH3 is 1. The van der Waals surface area contributed by atoms with Crippen molar-refractivity contribution in [3.63, 3.8) is 0 Å². The standard InChI is InChI=1S/C21H25N3O3/c1-15-7-5-11-19(22-15)23-21(26)17-9-6-12-24(14-17)20(25)13-16-8-3-4-10-18(16)27-2/h3-5,7-8,10-11,17H,6,9,12-14H2,1-2H3,(H,22,23,26). The number of aryl methyl sites for hydroxylation is 1. The lowest BCUT2D eigenvalue weighted by molar-refractivity contribution is -0.134. The van der Waals surface area contributed by atoms with Gasteiger partial charge in [-0.3, -0.25) is 9.59 Å². The molecule has 1 fully saturated rings. The zero-order valence-corrected chi connectivity index (χ0v) is 15.8. The van der Waals surface area contributed by atoms with Crippen molar-refractivity contribution in [1.82, 2.24) is 9.88 Å². The summed E-state index contributed by atoms with van der Waals surface area (Å²) in [6.45, 7) is 3.00. The highest BCUT2D eigenvalue weighted by Gasteiger charge is 2.29. The molecule has 6 heteroatoms. The fraction of sp³-hybridized carbons (Fsp3) is 0.381. The van der Waals surface area contributed by atoms with Gasteiger partial charge in [0.2, 0.25) is 11.8 Å². The third-order valence-electron chi connectivity index (χ3n) is 4.82. The molecule has 1 unspecified atom stereocenters. The molecule has 1 atom stereocenters. The zero-order chi connectivity index (χ0) is 19.2. The van der Waals surface area contributed by atoms with Gasteiger partial charge in [0.05, 0.1) is 19.4 Å². The number of benzene rings is 1. The van der Waals surface area contributed by atoms with Crippen LogP contribution in [-0.4, -0.2) is 41.9 Å². The van der Waals surface area contributed by atoms with Gasteiger partial charge in [-0.15, -0.1) is 0 Å². The quantitative estimate of drug-likeness (QED) is 0.882. The van der Waals surface area contributed by atoms with Crippen LogP contribution < -0.4 is 10.1 Å². The van der Waals surface area contributed by atoms with Gasteiger partial charge < -0.3 is 15.0 Å². The average Bonchev–Trinajstić information content (AvgIpc) is 2.68. The molecule has 1 aromatic heterocycles. The Morgan fingerprint density at radius 2 is 2.04 bits per heavy atom. The first-order valence-corrected chi connectivity index (χ1v) is 9.21. The Labute approximate surface area is 159 Å². The van der Waals surface area contributed by atoms with Crippen LogP contribution in [0.1, 0.15) is 24.1 Å². The number of nitrogens with zero attached hydrogens (tertiary/aromatic N) is 2. The second-order valence-electron chi connectivity index (χ2n) is 6.82. The largest absolute Gasteiger partial charge is 0.496 e. The molecule has 2 amide bonds. The summed E-state index contributed by atoms with van der Waals surface area (Å²) in [4.78, 5) is 31.4. The third-order valence-corrected chi connectivity index (χ3v) is 4.82. The smallest absolute Gasteiger partial charge is 0.230 e. The molecule has 142 valence electrons. The van der Waals surface area contributed by atoms with Crippen LogP contribution in [0.25, 0.3) is 0 Å². The number of rotatable bonds is 5. The van der Waals surface area contributed by atoms with E-state index in [0.717, 1.165) is 24.1 Å². The van der Waals surface area contributed by atoms with Gasteiger partial charge in [-0.25, -0.2) is 4.98 Å². The lowest BCUT2D eigenvalue weighted by atomic mass is 9.96. The maximum atomic E-state index is 12.7. The summed E-state index contributed by atoms with van der Waals surface area (Å²) in [5.74, 6) is 0.983. The van der Waals surface area contributed by atoms with E-state index in [4.69, 9.17) is 4.74 Å². The highest BCUT2D eigenvalue weighted by atomic mass is 16.5. The van der Waals surface area contributed by atoms with Crippen molar-refractivity contribution in [2.24, 2.45) is 5.92 Å². The van der Waals surface area contributed by atoms with Crippen LogP contribution in [0.2, 0.25) is 0 Å². The van der Waals surface area contributed by atoms with Gasteiger partial charge in [0, 0.05) is 24.3 Å². The summed E-state index contributed by atoms with van der Waals surface area (Å²) in [6.07, 6.45) is 1.87. The highest BCUT2D eigenvalue weighted by Crippen LogP contribution is 2.22. The number of nitrogens with one attached hydrogen (secondary N) is 1. The number of piperidine rings is 1. The highest BCUT2D eigenvalue weighted by molar-refractivity contribution is 5.92. The Morgan fingerprint density at radius 3 is 2.81 bits per heavy atom. The number of aromatic nitrogens is 1. The Kier molecular flexibility index (Phi) is 6.06. The molecule has 1 N–H and O–H groups in total. The van der Waals surface area contributed by atoms with Gasteiger partial charge in [-0.1, -0.05) is 24.3 Å². The molecule has 1 aliphatic heterocycles. The van der Waals surface area contributed by atoms with E-state index in [1.54, 1.807) is 18.1 Å². The van der Waals surface area contributed by atoms with Crippen LogP contribution in [0.15, 0.2) is 42.5 Å². The number of hydrogen-bond acceptors (Lipinski definition) is 4. The number of likely N-dealkylation sites (tertiary alicyclic amines) is 1. The first-order chi connectivity index (χ1) is 13.1. The summed E-state index contributed by atoms with van der Waals surface area (Å²) in [5, 5.41) is 2.87. The van der Waals surface area contributed by atoms with Crippen LogP contribution >= 0.6 is 0 Å². The summed E-state index contributed by atoms with van der Waals surface area (Å²) in [6, 6.07) is 13.0. The zero-order valence-electron chi connectivity index (χ0n) is 15.8. The molecule has 2 heterocycles. The molecular formula is C21H25N3O3. The molecule has 3 rings (SSSR count). The van der Waals surface area contributed by atoms with E-state index < -0.39 is 0 Å². The molecular weight excluding hydrogens is 342 g/mol. The Balaban J connectivity index is 1.61. The van der Waals surface area contributed by atoms with Crippen LogP contribution in [-0.2, 0) is 16.0 Å². The SMILES string of the molecule is COc1ccccc1CC(=O)N1CCCC(C(=O)Nc2cccc(C)n2)C1. The monoisotopic (exact) mass is 367 g/mol. The number of pyridine rings is 1. The van der Waals surface area contributed by atoms with E-state index in [1.165, 1.54) is 0 Å². The Bertz CT molecular complexity index is 822. The van der Waals surface area contributed by atoms with Crippen molar-refractivity contribution < 1.29 is 14.3 Å². The first-order valence-electron chi connectivity index (χ1n) is 9.21. The van der Waals surface area contributed by atoms with Crippen LogP contribution in [0, 0.1) is 12.8 Å². The number of amides is 2. The lowest BCUT2D eigenvalue weighted by Gasteiger charge is -2.32. The van der Waals surface area contributed by atoms with Gasteiger partial charge in [0.15, 0.2) is 0 Å². The predicted molar refractivity (Wildman–Crippen MR) is 104 cm³/mol. The summed E-state index contributed by atoms with van der Waals surface area (Å²) in [5.41, 5.74) is 1.71. The average molecular weight is 367 g/mol. The molecule has 0 aliphatic carbocycles. The molecule has 0 radical (unpaired) electrons. The van der Waals surface area contributed by atoms with E-state index in [1.807, 2.05) is 43.3 Å². The van der Waals surface area contributed by atoms with Gasteiger partial charge in [0.25, 0.3) is 0 Å². The maximum absolute atomic E-state index is 12.7. The molecule has 1 aliphatic rings. The topological polar surface area (TPSA) is 71.5 Å². The van der Waals surface area contributed by atoms with Crippen LogP contribution in [0.4, 0.5) is 5.82 Å². The summed E-state index contributed by atoms with van der Waals surface area (Å²) >= 11 is 0. The van der Waals surface area contributed by atoms with Crippen molar-refractivity contribution in [2.75, 3.05) is 25.5 Å². The van der Waals surface area contributed by atoms with Crippen molar-refractivity contribution in [2.45, 2.75) is 26.2 Å². The third kappa shape index (κ3) is 4.84. The molecule has 2 aromatic rings. The second-order valence-corrected chi connectivity index (χ2v) is 6.82. The van der Waals surface area contributed by atoms with Gasteiger partial charge >= 0.3 is 0 Å². The molecule has 6 nitrogen and oxygen atoms in total. The minimum absolute atomic E-state index is 0.0191. The fourth-order valence-electron chi connectivity index (χ4n) is 3.38. The van der Waals surface area contributed by atoms with Crippen LogP contribution in [0.3, 0.4) is 0 Å². The normalized spacial score (nSPS) is 16.7. The van der Waals surface area contributed by atoms with Crippen LogP contribution in [0.5, 0.6) is 5.75 Å². The van der Waals surface area contributed by atoms with E-state index >= 15 is 0 Å². The van der Waals surface area contributed by atoms with Crippen molar-refractivity contribution in [3.05, 3.63) is 53.7 Å². The number of ether oxygens (including phenoxy) is 1. The fourth-order valence-corrected chi connectivity index (χ4v) is 3.38. The van der Waals surface area contributed by atoms with Gasteiger partial charge in [-0.2, -0.15) is 0 Å². The summed E-state index contributed by atoms with van der Waals surface area (Å²) in [7, 11) is 1.60. The molecule has 0 spiro atoms. The molecule has 0 saturated carbocycles. The number of para-hydroxylation sites is 1. The van der Waals surface area contributed by atoms with Gasteiger partial charge in [0.1, 0.15) is 11.6 Å². The Hall–Kier alpha value is -2.89.